The van der Waals surface area contributed by atoms with Gasteiger partial charge < -0.3 is 10.1 Å². The molecule has 2 heterocycles. The van der Waals surface area contributed by atoms with E-state index in [1.54, 1.807) is 24.3 Å². The summed E-state index contributed by atoms with van der Waals surface area (Å²) < 4.78 is 6.31. The highest BCUT2D eigenvalue weighted by Gasteiger charge is 2.11. The second kappa shape index (κ2) is 7.50. The number of rotatable bonds is 5. The summed E-state index contributed by atoms with van der Waals surface area (Å²) in [6.07, 6.45) is 0. The Kier molecular flexibility index (Phi) is 5.16. The van der Waals surface area contributed by atoms with Gasteiger partial charge in [0, 0.05) is 11.1 Å². The number of anilines is 1. The zero-order valence-electron chi connectivity index (χ0n) is 13.2. The molecule has 0 fully saturated rings. The van der Waals surface area contributed by atoms with E-state index in [1.807, 2.05) is 17.5 Å². The van der Waals surface area contributed by atoms with E-state index in [4.69, 9.17) is 16.3 Å². The van der Waals surface area contributed by atoms with Crippen LogP contribution in [0.25, 0.3) is 10.6 Å². The Balaban J connectivity index is 1.81. The topological polar surface area (TPSA) is 73.2 Å². The van der Waals surface area contributed by atoms with E-state index in [2.05, 4.69) is 10.4 Å². The van der Waals surface area contributed by atoms with Crippen LogP contribution in [0.4, 0.5) is 5.69 Å². The third kappa shape index (κ3) is 4.07. The molecule has 0 saturated carbocycles. The predicted molar refractivity (Wildman–Crippen MR) is 98.4 cm³/mol. The number of nitrogens with one attached hydrogen (secondary N) is 1. The summed E-state index contributed by atoms with van der Waals surface area (Å²) in [7, 11) is 1.50. The highest BCUT2D eigenvalue weighted by molar-refractivity contribution is 7.13. The minimum absolute atomic E-state index is 0.215. The van der Waals surface area contributed by atoms with Crippen molar-refractivity contribution in [3.63, 3.8) is 0 Å². The summed E-state index contributed by atoms with van der Waals surface area (Å²) in [6.45, 7) is -0.215. The molecular formula is C17H14ClN3O3S. The maximum atomic E-state index is 12.3. The molecule has 1 aromatic carbocycles. The van der Waals surface area contributed by atoms with Gasteiger partial charge in [-0.25, -0.2) is 4.68 Å². The SMILES string of the molecule is COc1ccc(Cl)cc1NC(=O)Cn1nc(-c2cccs2)ccc1=O. The van der Waals surface area contributed by atoms with E-state index < -0.39 is 5.91 Å². The molecule has 0 atom stereocenters. The molecule has 3 aromatic rings. The summed E-state index contributed by atoms with van der Waals surface area (Å²) in [5.41, 5.74) is 0.721. The van der Waals surface area contributed by atoms with E-state index in [0.29, 0.717) is 22.2 Å². The van der Waals surface area contributed by atoms with Gasteiger partial charge in [0.25, 0.3) is 5.56 Å². The molecule has 1 amide bonds. The Hall–Kier alpha value is -2.64. The van der Waals surface area contributed by atoms with Crippen LogP contribution >= 0.6 is 22.9 Å². The fraction of sp³-hybridized carbons (Fsp3) is 0.118. The van der Waals surface area contributed by atoms with Crippen LogP contribution in [0, 0.1) is 0 Å². The minimum Gasteiger partial charge on any atom is -0.495 e. The molecule has 0 spiro atoms. The van der Waals surface area contributed by atoms with Crippen LogP contribution in [0.15, 0.2) is 52.6 Å². The van der Waals surface area contributed by atoms with Crippen molar-refractivity contribution in [2.45, 2.75) is 6.54 Å². The predicted octanol–water partition coefficient (Wildman–Crippen LogP) is 3.27. The Morgan fingerprint density at radius 3 is 2.88 bits per heavy atom. The number of carbonyl (C=O) groups is 1. The highest BCUT2D eigenvalue weighted by atomic mass is 35.5. The summed E-state index contributed by atoms with van der Waals surface area (Å²) in [4.78, 5) is 25.2. The number of nitrogens with zero attached hydrogens (tertiary/aromatic N) is 2. The summed E-state index contributed by atoms with van der Waals surface area (Å²) >= 11 is 7.46. The molecule has 1 N–H and O–H groups in total. The van der Waals surface area contributed by atoms with Gasteiger partial charge in [0.2, 0.25) is 5.91 Å². The van der Waals surface area contributed by atoms with Crippen LogP contribution in [0.5, 0.6) is 5.75 Å². The van der Waals surface area contributed by atoms with E-state index in [0.717, 1.165) is 9.56 Å². The molecule has 0 aliphatic rings. The quantitative estimate of drug-likeness (QED) is 0.742. The molecule has 0 unspecified atom stereocenters. The Morgan fingerprint density at radius 1 is 1.32 bits per heavy atom. The van der Waals surface area contributed by atoms with Gasteiger partial charge in [0.1, 0.15) is 18.0 Å². The highest BCUT2D eigenvalue weighted by Crippen LogP contribution is 2.27. The van der Waals surface area contributed by atoms with Gasteiger partial charge in [0.05, 0.1) is 17.7 Å². The first-order chi connectivity index (χ1) is 12.1. The number of halogens is 1. The fourth-order valence-electron chi connectivity index (χ4n) is 2.22. The van der Waals surface area contributed by atoms with E-state index in [-0.39, 0.29) is 12.1 Å². The number of aromatic nitrogens is 2. The zero-order valence-corrected chi connectivity index (χ0v) is 14.8. The normalized spacial score (nSPS) is 10.5. The maximum absolute atomic E-state index is 12.3. The monoisotopic (exact) mass is 375 g/mol. The van der Waals surface area contributed by atoms with Gasteiger partial charge in [-0.05, 0) is 35.7 Å². The van der Waals surface area contributed by atoms with Gasteiger partial charge in [-0.15, -0.1) is 11.3 Å². The number of carbonyl (C=O) groups excluding carboxylic acids is 1. The summed E-state index contributed by atoms with van der Waals surface area (Å²) in [5, 5.41) is 9.32. The van der Waals surface area contributed by atoms with Gasteiger partial charge in [-0.3, -0.25) is 9.59 Å². The summed E-state index contributed by atoms with van der Waals surface area (Å²) in [6, 6.07) is 11.7. The number of ether oxygens (including phenoxy) is 1. The minimum atomic E-state index is -0.404. The van der Waals surface area contributed by atoms with Crippen molar-refractivity contribution in [2.75, 3.05) is 12.4 Å². The average Bonchev–Trinajstić information content (AvgIpc) is 3.11. The van der Waals surface area contributed by atoms with Crippen LogP contribution < -0.4 is 15.6 Å². The smallest absolute Gasteiger partial charge is 0.267 e. The molecule has 6 nitrogen and oxygen atoms in total. The van der Waals surface area contributed by atoms with Crippen molar-refractivity contribution in [1.29, 1.82) is 0 Å². The van der Waals surface area contributed by atoms with Crippen LogP contribution in [-0.2, 0) is 11.3 Å². The fourth-order valence-corrected chi connectivity index (χ4v) is 3.08. The van der Waals surface area contributed by atoms with Gasteiger partial charge in [0.15, 0.2) is 0 Å². The lowest BCUT2D eigenvalue weighted by Crippen LogP contribution is -2.29. The van der Waals surface area contributed by atoms with Crippen LogP contribution in [0.3, 0.4) is 0 Å². The van der Waals surface area contributed by atoms with E-state index >= 15 is 0 Å². The first-order valence-corrected chi connectivity index (χ1v) is 8.58. The number of hydrogen-bond acceptors (Lipinski definition) is 5. The molecule has 0 radical (unpaired) electrons. The standard InChI is InChI=1S/C17H14ClN3O3S/c1-24-14-6-4-11(18)9-13(14)19-16(22)10-21-17(23)7-5-12(20-21)15-3-2-8-25-15/h2-9H,10H2,1H3,(H,19,22). The number of amides is 1. The zero-order chi connectivity index (χ0) is 17.8. The first kappa shape index (κ1) is 17.2. The molecule has 0 aliphatic heterocycles. The van der Waals surface area contributed by atoms with Crippen molar-refractivity contribution in [2.24, 2.45) is 0 Å². The van der Waals surface area contributed by atoms with Gasteiger partial charge in [-0.2, -0.15) is 5.10 Å². The average molecular weight is 376 g/mol. The van der Waals surface area contributed by atoms with Gasteiger partial charge >= 0.3 is 0 Å². The third-order valence-electron chi connectivity index (χ3n) is 3.37. The van der Waals surface area contributed by atoms with Crippen LogP contribution in [0.2, 0.25) is 5.02 Å². The Labute approximate surface area is 152 Å². The number of methoxy groups -OCH3 is 1. The number of hydrogen-bond donors (Lipinski definition) is 1. The summed E-state index contributed by atoms with van der Waals surface area (Å²) in [5.74, 6) is 0.0730. The Morgan fingerprint density at radius 2 is 2.16 bits per heavy atom. The van der Waals surface area contributed by atoms with Crippen LogP contribution in [0.1, 0.15) is 0 Å². The molecule has 0 aliphatic carbocycles. The molecule has 3 rings (SSSR count). The van der Waals surface area contributed by atoms with Crippen molar-refractivity contribution < 1.29 is 9.53 Å². The first-order valence-electron chi connectivity index (χ1n) is 7.32. The maximum Gasteiger partial charge on any atom is 0.267 e. The van der Waals surface area contributed by atoms with E-state index in [1.165, 1.54) is 24.5 Å². The molecule has 8 heteroatoms. The Bertz CT molecular complexity index is 954. The molecule has 0 bridgehead atoms. The molecular weight excluding hydrogens is 362 g/mol. The number of thiophene rings is 1. The lowest BCUT2D eigenvalue weighted by molar-refractivity contribution is -0.117. The largest absolute Gasteiger partial charge is 0.495 e. The van der Waals surface area contributed by atoms with Crippen molar-refractivity contribution in [3.05, 3.63) is 63.2 Å². The molecule has 25 heavy (non-hydrogen) atoms. The van der Waals surface area contributed by atoms with E-state index in [9.17, 15) is 9.59 Å². The molecule has 0 saturated heterocycles. The third-order valence-corrected chi connectivity index (χ3v) is 4.50. The second-order valence-electron chi connectivity index (χ2n) is 5.08. The number of benzene rings is 1. The van der Waals surface area contributed by atoms with Crippen LogP contribution in [-0.4, -0.2) is 22.8 Å². The van der Waals surface area contributed by atoms with Crippen molar-refractivity contribution in [1.82, 2.24) is 9.78 Å². The lowest BCUT2D eigenvalue weighted by atomic mass is 10.3. The molecule has 128 valence electrons. The van der Waals surface area contributed by atoms with Gasteiger partial charge in [-0.1, -0.05) is 17.7 Å². The lowest BCUT2D eigenvalue weighted by Gasteiger charge is -2.11. The second-order valence-corrected chi connectivity index (χ2v) is 6.47. The molecule has 2 aromatic heterocycles. The van der Waals surface area contributed by atoms with Crippen molar-refractivity contribution in [3.8, 4) is 16.3 Å². The van der Waals surface area contributed by atoms with Crippen molar-refractivity contribution >= 4 is 34.5 Å².